The minimum absolute atomic E-state index is 0.0361. The molecule has 3 aromatic rings. The highest BCUT2D eigenvalue weighted by Crippen LogP contribution is 2.36. The first-order valence-electron chi connectivity index (χ1n) is 7.10. The summed E-state index contributed by atoms with van der Waals surface area (Å²) in [7, 11) is 0. The smallest absolute Gasteiger partial charge is 0.123 e. The standard InChI is InChI=1S/C16H15FN2O2S2/c17-12-3-1-11(2-4-12)14-9-13-15(23-14)16(19-10-18-13)22-8-7-21-6-5-20/h1-4,9-10,20H,5-8H2. The first-order valence-corrected chi connectivity index (χ1v) is 8.90. The SMILES string of the molecule is OCCOCCSc1ncnc2cc(-c3ccc(F)cc3)sc12. The van der Waals surface area contributed by atoms with Crippen molar-refractivity contribution in [3.8, 4) is 10.4 Å². The third kappa shape index (κ3) is 4.06. The maximum atomic E-state index is 13.0. The molecule has 120 valence electrons. The van der Waals surface area contributed by atoms with Gasteiger partial charge in [0.1, 0.15) is 17.2 Å². The van der Waals surface area contributed by atoms with Crippen LogP contribution >= 0.6 is 23.1 Å². The maximum absolute atomic E-state index is 13.0. The van der Waals surface area contributed by atoms with E-state index >= 15 is 0 Å². The van der Waals surface area contributed by atoms with Gasteiger partial charge in [-0.2, -0.15) is 0 Å². The van der Waals surface area contributed by atoms with Crippen LogP contribution in [0.25, 0.3) is 20.7 Å². The van der Waals surface area contributed by atoms with Gasteiger partial charge in [-0.15, -0.1) is 23.1 Å². The number of nitrogens with zero attached hydrogens (tertiary/aromatic N) is 2. The average molecular weight is 350 g/mol. The molecule has 0 amide bonds. The van der Waals surface area contributed by atoms with Gasteiger partial charge in [0, 0.05) is 10.6 Å². The fourth-order valence-electron chi connectivity index (χ4n) is 2.06. The van der Waals surface area contributed by atoms with Gasteiger partial charge >= 0.3 is 0 Å². The first-order chi connectivity index (χ1) is 11.3. The molecular formula is C16H15FN2O2S2. The zero-order valence-corrected chi connectivity index (χ0v) is 13.9. The minimum atomic E-state index is -0.242. The van der Waals surface area contributed by atoms with Crippen molar-refractivity contribution >= 4 is 33.3 Å². The van der Waals surface area contributed by atoms with E-state index in [1.165, 1.54) is 12.1 Å². The van der Waals surface area contributed by atoms with Crippen LogP contribution in [0.5, 0.6) is 0 Å². The highest BCUT2D eigenvalue weighted by Gasteiger charge is 2.10. The molecule has 0 unspecified atom stereocenters. The lowest BCUT2D eigenvalue weighted by molar-refractivity contribution is 0.103. The molecule has 0 aliphatic heterocycles. The summed E-state index contributed by atoms with van der Waals surface area (Å²) in [5.74, 6) is 0.518. The molecule has 0 spiro atoms. The van der Waals surface area contributed by atoms with Crippen LogP contribution in [0.3, 0.4) is 0 Å². The molecule has 2 aromatic heterocycles. The maximum Gasteiger partial charge on any atom is 0.123 e. The van der Waals surface area contributed by atoms with Gasteiger partial charge in [0.25, 0.3) is 0 Å². The Hall–Kier alpha value is -1.54. The Balaban J connectivity index is 1.79. The van der Waals surface area contributed by atoms with E-state index in [0.717, 1.165) is 31.4 Å². The summed E-state index contributed by atoms with van der Waals surface area (Å²) in [6.07, 6.45) is 1.56. The van der Waals surface area contributed by atoms with Crippen molar-refractivity contribution in [2.45, 2.75) is 5.03 Å². The van der Waals surface area contributed by atoms with Gasteiger partial charge in [-0.25, -0.2) is 14.4 Å². The van der Waals surface area contributed by atoms with E-state index in [2.05, 4.69) is 9.97 Å². The predicted molar refractivity (Wildman–Crippen MR) is 91.4 cm³/mol. The lowest BCUT2D eigenvalue weighted by Crippen LogP contribution is -2.02. The summed E-state index contributed by atoms with van der Waals surface area (Å²) in [5, 5.41) is 9.60. The Kier molecular flexibility index (Phi) is 5.56. The van der Waals surface area contributed by atoms with Gasteiger partial charge < -0.3 is 9.84 Å². The van der Waals surface area contributed by atoms with Crippen molar-refractivity contribution in [1.29, 1.82) is 0 Å². The lowest BCUT2D eigenvalue weighted by atomic mass is 10.2. The number of hydrogen-bond acceptors (Lipinski definition) is 6. The van der Waals surface area contributed by atoms with Crippen molar-refractivity contribution in [1.82, 2.24) is 9.97 Å². The topological polar surface area (TPSA) is 55.2 Å². The quantitative estimate of drug-likeness (QED) is 0.401. The second-order valence-electron chi connectivity index (χ2n) is 4.70. The molecule has 0 saturated carbocycles. The molecule has 0 aliphatic carbocycles. The van der Waals surface area contributed by atoms with E-state index in [1.54, 1.807) is 41.6 Å². The fraction of sp³-hybridized carbons (Fsp3) is 0.250. The molecule has 0 atom stereocenters. The highest BCUT2D eigenvalue weighted by molar-refractivity contribution is 7.99. The third-order valence-electron chi connectivity index (χ3n) is 3.11. The van der Waals surface area contributed by atoms with Crippen LogP contribution in [0.4, 0.5) is 4.39 Å². The molecule has 4 nitrogen and oxygen atoms in total. The van der Waals surface area contributed by atoms with Gasteiger partial charge in [-0.3, -0.25) is 0 Å². The molecule has 0 saturated heterocycles. The summed E-state index contributed by atoms with van der Waals surface area (Å²) in [6, 6.07) is 8.45. The van der Waals surface area contributed by atoms with Crippen molar-refractivity contribution in [3.63, 3.8) is 0 Å². The third-order valence-corrected chi connectivity index (χ3v) is 5.37. The summed E-state index contributed by atoms with van der Waals surface area (Å²) in [5.41, 5.74) is 1.86. The van der Waals surface area contributed by atoms with E-state index in [-0.39, 0.29) is 12.4 Å². The number of halogens is 1. The van der Waals surface area contributed by atoms with Crippen LogP contribution in [0, 0.1) is 5.82 Å². The Labute approximate surface area is 141 Å². The Morgan fingerprint density at radius 2 is 2.00 bits per heavy atom. The average Bonchev–Trinajstić information content (AvgIpc) is 3.00. The number of ether oxygens (including phenoxy) is 1. The van der Waals surface area contributed by atoms with Crippen molar-refractivity contribution in [3.05, 3.63) is 42.5 Å². The monoisotopic (exact) mass is 350 g/mol. The Bertz CT molecular complexity index is 777. The molecule has 1 N–H and O–H groups in total. The van der Waals surface area contributed by atoms with E-state index in [0.29, 0.717) is 13.2 Å². The number of aliphatic hydroxyl groups excluding tert-OH is 1. The predicted octanol–water partition coefficient (Wildman–Crippen LogP) is 3.60. The Morgan fingerprint density at radius 3 is 2.78 bits per heavy atom. The molecule has 3 rings (SSSR count). The van der Waals surface area contributed by atoms with Gasteiger partial charge in [-0.05, 0) is 23.8 Å². The zero-order valence-electron chi connectivity index (χ0n) is 12.2. The largest absolute Gasteiger partial charge is 0.394 e. The van der Waals surface area contributed by atoms with E-state index in [9.17, 15) is 4.39 Å². The van der Waals surface area contributed by atoms with E-state index in [4.69, 9.17) is 9.84 Å². The highest BCUT2D eigenvalue weighted by atomic mass is 32.2. The van der Waals surface area contributed by atoms with Crippen LogP contribution in [-0.2, 0) is 4.74 Å². The minimum Gasteiger partial charge on any atom is -0.394 e. The number of aromatic nitrogens is 2. The normalized spacial score (nSPS) is 11.2. The van der Waals surface area contributed by atoms with Gasteiger partial charge in [0.2, 0.25) is 0 Å². The van der Waals surface area contributed by atoms with Gasteiger partial charge in [0.05, 0.1) is 30.0 Å². The second-order valence-corrected chi connectivity index (χ2v) is 6.83. The number of benzene rings is 1. The number of thiophene rings is 1. The molecule has 0 aliphatic rings. The summed E-state index contributed by atoms with van der Waals surface area (Å²) in [4.78, 5) is 9.69. The van der Waals surface area contributed by atoms with E-state index < -0.39 is 0 Å². The summed E-state index contributed by atoms with van der Waals surface area (Å²) >= 11 is 3.21. The van der Waals surface area contributed by atoms with E-state index in [1.807, 2.05) is 6.07 Å². The zero-order chi connectivity index (χ0) is 16.1. The fourth-order valence-corrected chi connectivity index (χ4v) is 4.11. The van der Waals surface area contributed by atoms with Crippen molar-refractivity contribution in [2.75, 3.05) is 25.6 Å². The van der Waals surface area contributed by atoms with Crippen LogP contribution in [0.15, 0.2) is 41.7 Å². The van der Waals surface area contributed by atoms with Crippen molar-refractivity contribution < 1.29 is 14.2 Å². The molecule has 2 heterocycles. The summed E-state index contributed by atoms with van der Waals surface area (Å²) in [6.45, 7) is 0.953. The van der Waals surface area contributed by atoms with Crippen molar-refractivity contribution in [2.24, 2.45) is 0 Å². The first kappa shape index (κ1) is 16.3. The molecule has 23 heavy (non-hydrogen) atoms. The lowest BCUT2D eigenvalue weighted by Gasteiger charge is -2.02. The van der Waals surface area contributed by atoms with Crippen LogP contribution in [-0.4, -0.2) is 40.6 Å². The molecule has 0 radical (unpaired) electrons. The van der Waals surface area contributed by atoms with Crippen LogP contribution in [0.1, 0.15) is 0 Å². The molecule has 0 bridgehead atoms. The number of aliphatic hydroxyl groups is 1. The van der Waals surface area contributed by atoms with Crippen LogP contribution < -0.4 is 0 Å². The van der Waals surface area contributed by atoms with Crippen LogP contribution in [0.2, 0.25) is 0 Å². The van der Waals surface area contributed by atoms with Gasteiger partial charge in [-0.1, -0.05) is 12.1 Å². The molecular weight excluding hydrogens is 335 g/mol. The number of rotatable bonds is 7. The molecule has 0 fully saturated rings. The number of fused-ring (bicyclic) bond motifs is 1. The number of hydrogen-bond donors (Lipinski definition) is 1. The molecule has 1 aromatic carbocycles. The number of thioether (sulfide) groups is 1. The summed E-state index contributed by atoms with van der Waals surface area (Å²) < 4.78 is 19.3. The van der Waals surface area contributed by atoms with Gasteiger partial charge in [0.15, 0.2) is 0 Å². The molecule has 7 heteroatoms. The second kappa shape index (κ2) is 7.83. The Morgan fingerprint density at radius 1 is 1.17 bits per heavy atom.